The molecule has 0 fully saturated rings. The third-order valence-electron chi connectivity index (χ3n) is 2.68. The van der Waals surface area contributed by atoms with Crippen LogP contribution in [-0.2, 0) is 17.6 Å². The second kappa shape index (κ2) is 4.96. The Balaban J connectivity index is 1.90. The predicted molar refractivity (Wildman–Crippen MR) is 60.4 cm³/mol. The second-order valence-electron chi connectivity index (χ2n) is 3.92. The number of hydrogen-bond acceptors (Lipinski definition) is 3. The second-order valence-corrected chi connectivity index (χ2v) is 3.92. The Kier molecular flexibility index (Phi) is 3.39. The summed E-state index contributed by atoms with van der Waals surface area (Å²) in [6, 6.07) is 1.92. The van der Waals surface area contributed by atoms with Gasteiger partial charge in [-0.1, -0.05) is 0 Å². The summed E-state index contributed by atoms with van der Waals surface area (Å²) in [7, 11) is 0. The first-order valence-corrected chi connectivity index (χ1v) is 5.61. The van der Waals surface area contributed by atoms with Gasteiger partial charge in [0.1, 0.15) is 5.75 Å². The van der Waals surface area contributed by atoms with E-state index >= 15 is 0 Å². The van der Waals surface area contributed by atoms with Crippen LogP contribution in [0.1, 0.15) is 24.6 Å². The summed E-state index contributed by atoms with van der Waals surface area (Å²) in [6.07, 6.45) is 4.56. The number of carbonyl (C=O) groups is 1. The summed E-state index contributed by atoms with van der Waals surface area (Å²) in [5.74, 6) is 0.999. The number of carbonyl (C=O) groups excluding carboxylic acids is 1. The van der Waals surface area contributed by atoms with Gasteiger partial charge in [-0.25, -0.2) is 0 Å². The molecule has 1 aliphatic rings. The fraction of sp³-hybridized carbons (Fsp3) is 0.500. The van der Waals surface area contributed by atoms with Gasteiger partial charge in [-0.2, -0.15) is 0 Å². The Morgan fingerprint density at radius 1 is 1.62 bits per heavy atom. The maximum atomic E-state index is 10.7. The molecular formula is C12H16N2O2. The number of ether oxygens (including phenoxy) is 1. The van der Waals surface area contributed by atoms with E-state index in [9.17, 15) is 4.79 Å². The molecule has 0 atom stereocenters. The van der Waals surface area contributed by atoms with Gasteiger partial charge in [0.2, 0.25) is 5.91 Å². The number of nitrogens with zero attached hydrogens (tertiary/aromatic N) is 1. The molecule has 86 valence electrons. The van der Waals surface area contributed by atoms with Gasteiger partial charge in [0.05, 0.1) is 6.61 Å². The number of hydrogen-bond donors (Lipinski definition) is 1. The lowest BCUT2D eigenvalue weighted by Crippen LogP contribution is -2.21. The van der Waals surface area contributed by atoms with Crippen molar-refractivity contribution < 1.29 is 9.53 Å². The average molecular weight is 220 g/mol. The molecule has 4 heteroatoms. The van der Waals surface area contributed by atoms with Crippen LogP contribution in [-0.4, -0.2) is 24.0 Å². The van der Waals surface area contributed by atoms with Crippen LogP contribution in [0.15, 0.2) is 12.3 Å². The van der Waals surface area contributed by atoms with E-state index in [1.165, 1.54) is 12.5 Å². The summed E-state index contributed by atoms with van der Waals surface area (Å²) >= 11 is 0. The van der Waals surface area contributed by atoms with Crippen molar-refractivity contribution >= 4 is 5.91 Å². The van der Waals surface area contributed by atoms with E-state index in [0.717, 1.165) is 37.3 Å². The third kappa shape index (κ3) is 2.51. The van der Waals surface area contributed by atoms with Crippen LogP contribution in [0.25, 0.3) is 0 Å². The number of fused-ring (bicyclic) bond motifs is 1. The SMILES string of the molecule is CC(=O)NCCCc1nccc2c1CCO2. The van der Waals surface area contributed by atoms with Crippen molar-refractivity contribution in [2.45, 2.75) is 26.2 Å². The van der Waals surface area contributed by atoms with Gasteiger partial charge in [-0.3, -0.25) is 9.78 Å². The van der Waals surface area contributed by atoms with Crippen molar-refractivity contribution in [1.29, 1.82) is 0 Å². The zero-order valence-electron chi connectivity index (χ0n) is 9.45. The van der Waals surface area contributed by atoms with Crippen molar-refractivity contribution in [3.63, 3.8) is 0 Å². The zero-order chi connectivity index (χ0) is 11.4. The topological polar surface area (TPSA) is 51.2 Å². The molecule has 0 saturated heterocycles. The van der Waals surface area contributed by atoms with Crippen LogP contribution in [0.4, 0.5) is 0 Å². The monoisotopic (exact) mass is 220 g/mol. The molecule has 2 heterocycles. The van der Waals surface area contributed by atoms with Gasteiger partial charge in [0.25, 0.3) is 0 Å². The van der Waals surface area contributed by atoms with Crippen LogP contribution in [0.5, 0.6) is 5.75 Å². The minimum Gasteiger partial charge on any atom is -0.493 e. The number of nitrogens with one attached hydrogen (secondary N) is 1. The molecule has 0 aromatic carbocycles. The molecule has 1 aliphatic heterocycles. The van der Waals surface area contributed by atoms with Crippen LogP contribution >= 0.6 is 0 Å². The maximum absolute atomic E-state index is 10.7. The fourth-order valence-electron chi connectivity index (χ4n) is 1.92. The van der Waals surface area contributed by atoms with E-state index in [0.29, 0.717) is 6.54 Å². The van der Waals surface area contributed by atoms with Crippen molar-refractivity contribution in [3.8, 4) is 5.75 Å². The average Bonchev–Trinajstić information content (AvgIpc) is 2.72. The highest BCUT2D eigenvalue weighted by Gasteiger charge is 2.16. The van der Waals surface area contributed by atoms with E-state index in [1.54, 1.807) is 6.20 Å². The quantitative estimate of drug-likeness (QED) is 0.773. The van der Waals surface area contributed by atoms with E-state index in [2.05, 4.69) is 10.3 Å². The molecule has 0 saturated carbocycles. The third-order valence-corrected chi connectivity index (χ3v) is 2.68. The number of pyridine rings is 1. The van der Waals surface area contributed by atoms with Crippen molar-refractivity contribution in [1.82, 2.24) is 10.3 Å². The predicted octanol–water partition coefficient (Wildman–Crippen LogP) is 1.09. The molecule has 0 bridgehead atoms. The first kappa shape index (κ1) is 10.9. The Labute approximate surface area is 95.0 Å². The minimum absolute atomic E-state index is 0.0228. The fourth-order valence-corrected chi connectivity index (χ4v) is 1.92. The van der Waals surface area contributed by atoms with Gasteiger partial charge in [-0.15, -0.1) is 0 Å². The molecule has 1 N–H and O–H groups in total. The van der Waals surface area contributed by atoms with Crippen LogP contribution in [0, 0.1) is 0 Å². The number of aromatic nitrogens is 1. The molecule has 1 amide bonds. The lowest BCUT2D eigenvalue weighted by Gasteiger charge is -2.06. The molecule has 4 nitrogen and oxygen atoms in total. The number of amides is 1. The molecule has 1 aromatic heterocycles. The van der Waals surface area contributed by atoms with Gasteiger partial charge in [-0.05, 0) is 18.9 Å². The van der Waals surface area contributed by atoms with E-state index in [1.807, 2.05) is 6.07 Å². The van der Waals surface area contributed by atoms with Crippen LogP contribution in [0.2, 0.25) is 0 Å². The Bertz CT molecular complexity index is 391. The Morgan fingerprint density at radius 2 is 2.50 bits per heavy atom. The van der Waals surface area contributed by atoms with Crippen LogP contribution < -0.4 is 10.1 Å². The lowest BCUT2D eigenvalue weighted by molar-refractivity contribution is -0.118. The summed E-state index contributed by atoms with van der Waals surface area (Å²) in [5, 5.41) is 2.79. The van der Waals surface area contributed by atoms with Gasteiger partial charge in [0.15, 0.2) is 0 Å². The zero-order valence-corrected chi connectivity index (χ0v) is 9.45. The van der Waals surface area contributed by atoms with Gasteiger partial charge >= 0.3 is 0 Å². The van der Waals surface area contributed by atoms with Crippen LogP contribution in [0.3, 0.4) is 0 Å². The molecule has 0 aliphatic carbocycles. The normalized spacial score (nSPS) is 13.1. The van der Waals surface area contributed by atoms with Crippen molar-refractivity contribution in [3.05, 3.63) is 23.5 Å². The van der Waals surface area contributed by atoms with Gasteiger partial charge in [0, 0.05) is 37.3 Å². The Morgan fingerprint density at radius 3 is 3.31 bits per heavy atom. The molecule has 0 spiro atoms. The summed E-state index contributed by atoms with van der Waals surface area (Å²) < 4.78 is 5.47. The highest BCUT2D eigenvalue weighted by molar-refractivity contribution is 5.72. The highest BCUT2D eigenvalue weighted by atomic mass is 16.5. The first-order chi connectivity index (χ1) is 7.77. The molecule has 2 rings (SSSR count). The number of rotatable bonds is 4. The standard InChI is InChI=1S/C12H16N2O2/c1-9(15)13-6-2-3-11-10-5-8-16-12(10)4-7-14-11/h4,7H,2-3,5-6,8H2,1H3,(H,13,15). The van der Waals surface area contributed by atoms with E-state index < -0.39 is 0 Å². The van der Waals surface area contributed by atoms with E-state index in [4.69, 9.17) is 4.74 Å². The Hall–Kier alpha value is -1.58. The lowest BCUT2D eigenvalue weighted by atomic mass is 10.1. The first-order valence-electron chi connectivity index (χ1n) is 5.61. The van der Waals surface area contributed by atoms with Crippen molar-refractivity contribution in [2.24, 2.45) is 0 Å². The number of aryl methyl sites for hydroxylation is 1. The maximum Gasteiger partial charge on any atom is 0.216 e. The minimum atomic E-state index is 0.0228. The highest BCUT2D eigenvalue weighted by Crippen LogP contribution is 2.27. The molecule has 0 unspecified atom stereocenters. The molecule has 0 radical (unpaired) electrons. The molecule has 16 heavy (non-hydrogen) atoms. The van der Waals surface area contributed by atoms with Gasteiger partial charge < -0.3 is 10.1 Å². The van der Waals surface area contributed by atoms with E-state index in [-0.39, 0.29) is 5.91 Å². The largest absolute Gasteiger partial charge is 0.493 e. The summed E-state index contributed by atoms with van der Waals surface area (Å²) in [5.41, 5.74) is 2.35. The van der Waals surface area contributed by atoms with Crippen molar-refractivity contribution in [2.75, 3.05) is 13.2 Å². The summed E-state index contributed by atoms with van der Waals surface area (Å²) in [6.45, 7) is 3.01. The molecular weight excluding hydrogens is 204 g/mol. The molecule has 1 aromatic rings. The summed E-state index contributed by atoms with van der Waals surface area (Å²) in [4.78, 5) is 15.1. The smallest absolute Gasteiger partial charge is 0.216 e.